The minimum atomic E-state index is -1.02. The number of hydrogen-bond donors (Lipinski definition) is 2. The number of aliphatic hydroxyl groups is 1. The molecule has 0 radical (unpaired) electrons. The third-order valence-electron chi connectivity index (χ3n) is 4.37. The first-order valence-electron chi connectivity index (χ1n) is 7.96. The Morgan fingerprint density at radius 1 is 1.25 bits per heavy atom. The van der Waals surface area contributed by atoms with Crippen molar-refractivity contribution >= 4 is 22.7 Å². The van der Waals surface area contributed by atoms with Gasteiger partial charge in [0.2, 0.25) is 5.91 Å². The summed E-state index contributed by atoms with van der Waals surface area (Å²) in [6, 6.07) is 4.45. The average molecular weight is 333 g/mol. The molecule has 1 atom stereocenters. The second-order valence-corrected chi connectivity index (χ2v) is 6.06. The molecule has 128 valence electrons. The highest BCUT2D eigenvalue weighted by molar-refractivity contribution is 5.89. The Bertz CT molecular complexity index is 764. The molecule has 0 aliphatic carbocycles. The standard InChI is InChI=1S/C17H20FN3O3/c1-11(22)17(24)21-6-4-20(5-7-21)16(23)8-12-10-19-15-3-2-13(18)9-14(12)15/h2-3,9-11,19,22H,4-8H2,1H3. The van der Waals surface area contributed by atoms with Gasteiger partial charge in [-0.15, -0.1) is 0 Å². The number of aliphatic hydroxyl groups excluding tert-OH is 1. The molecule has 0 bridgehead atoms. The molecule has 1 fully saturated rings. The number of rotatable bonds is 3. The number of carbonyl (C=O) groups excluding carboxylic acids is 2. The Kier molecular flexibility index (Phi) is 4.53. The maximum atomic E-state index is 13.4. The molecular formula is C17H20FN3O3. The number of hydrogen-bond acceptors (Lipinski definition) is 3. The lowest BCUT2D eigenvalue weighted by molar-refractivity contribution is -0.144. The normalized spacial score (nSPS) is 16.5. The summed E-state index contributed by atoms with van der Waals surface area (Å²) in [5.74, 6) is -0.695. The van der Waals surface area contributed by atoms with Gasteiger partial charge in [-0.3, -0.25) is 9.59 Å². The third kappa shape index (κ3) is 3.26. The number of fused-ring (bicyclic) bond motifs is 1. The minimum Gasteiger partial charge on any atom is -0.384 e. The van der Waals surface area contributed by atoms with E-state index in [0.29, 0.717) is 31.6 Å². The average Bonchev–Trinajstić information content (AvgIpc) is 2.96. The highest BCUT2D eigenvalue weighted by Gasteiger charge is 2.26. The van der Waals surface area contributed by atoms with Crippen LogP contribution in [-0.4, -0.2) is 64.0 Å². The quantitative estimate of drug-likeness (QED) is 0.876. The van der Waals surface area contributed by atoms with Gasteiger partial charge >= 0.3 is 0 Å². The number of halogens is 1. The molecule has 24 heavy (non-hydrogen) atoms. The monoisotopic (exact) mass is 333 g/mol. The fourth-order valence-corrected chi connectivity index (χ4v) is 3.01. The van der Waals surface area contributed by atoms with Crippen molar-refractivity contribution < 1.29 is 19.1 Å². The molecule has 1 aromatic carbocycles. The first-order chi connectivity index (χ1) is 11.5. The van der Waals surface area contributed by atoms with Crippen LogP contribution in [0.4, 0.5) is 4.39 Å². The number of carbonyl (C=O) groups is 2. The smallest absolute Gasteiger partial charge is 0.251 e. The largest absolute Gasteiger partial charge is 0.384 e. The molecule has 2 amide bonds. The highest BCUT2D eigenvalue weighted by atomic mass is 19.1. The van der Waals surface area contributed by atoms with Crippen LogP contribution in [0, 0.1) is 5.82 Å². The predicted molar refractivity (Wildman–Crippen MR) is 86.8 cm³/mol. The summed E-state index contributed by atoms with van der Waals surface area (Å²) in [5.41, 5.74) is 1.56. The minimum absolute atomic E-state index is 0.0516. The van der Waals surface area contributed by atoms with E-state index < -0.39 is 6.10 Å². The van der Waals surface area contributed by atoms with Crippen molar-refractivity contribution in [1.82, 2.24) is 14.8 Å². The fourth-order valence-electron chi connectivity index (χ4n) is 3.01. The van der Waals surface area contributed by atoms with Gasteiger partial charge < -0.3 is 19.9 Å². The molecule has 0 spiro atoms. The first kappa shape index (κ1) is 16.4. The topological polar surface area (TPSA) is 76.6 Å². The summed E-state index contributed by atoms with van der Waals surface area (Å²) in [6.45, 7) is 3.15. The number of nitrogens with zero attached hydrogens (tertiary/aromatic N) is 2. The Hall–Kier alpha value is -2.41. The molecule has 3 rings (SSSR count). The molecule has 0 saturated carbocycles. The summed E-state index contributed by atoms with van der Waals surface area (Å²) < 4.78 is 13.4. The zero-order valence-electron chi connectivity index (χ0n) is 13.5. The molecule has 1 aromatic heterocycles. The van der Waals surface area contributed by atoms with E-state index in [2.05, 4.69) is 4.98 Å². The van der Waals surface area contributed by atoms with Crippen LogP contribution in [0.3, 0.4) is 0 Å². The van der Waals surface area contributed by atoms with Gasteiger partial charge in [-0.1, -0.05) is 0 Å². The van der Waals surface area contributed by atoms with Gasteiger partial charge in [0.05, 0.1) is 6.42 Å². The van der Waals surface area contributed by atoms with Gasteiger partial charge in [-0.25, -0.2) is 4.39 Å². The lowest BCUT2D eigenvalue weighted by Crippen LogP contribution is -2.52. The van der Waals surface area contributed by atoms with Crippen molar-refractivity contribution in [2.45, 2.75) is 19.4 Å². The summed E-state index contributed by atoms with van der Waals surface area (Å²) in [4.78, 5) is 30.5. The van der Waals surface area contributed by atoms with E-state index in [4.69, 9.17) is 0 Å². The van der Waals surface area contributed by atoms with Crippen LogP contribution in [0.2, 0.25) is 0 Å². The summed E-state index contributed by atoms with van der Waals surface area (Å²) in [5, 5.41) is 10.1. The van der Waals surface area contributed by atoms with E-state index in [1.54, 1.807) is 22.1 Å². The van der Waals surface area contributed by atoms with Crippen LogP contribution in [-0.2, 0) is 16.0 Å². The fraction of sp³-hybridized carbons (Fsp3) is 0.412. The van der Waals surface area contributed by atoms with Crippen LogP contribution >= 0.6 is 0 Å². The second kappa shape index (κ2) is 6.60. The summed E-state index contributed by atoms with van der Waals surface area (Å²) in [7, 11) is 0. The number of piperazine rings is 1. The van der Waals surface area contributed by atoms with Crippen LogP contribution in [0.15, 0.2) is 24.4 Å². The molecule has 7 heteroatoms. The molecule has 2 N–H and O–H groups in total. The van der Waals surface area contributed by atoms with Crippen LogP contribution in [0.5, 0.6) is 0 Å². The molecule has 2 heterocycles. The number of nitrogens with one attached hydrogen (secondary N) is 1. The molecule has 1 saturated heterocycles. The molecular weight excluding hydrogens is 313 g/mol. The van der Waals surface area contributed by atoms with Crippen molar-refractivity contribution in [1.29, 1.82) is 0 Å². The lowest BCUT2D eigenvalue weighted by Gasteiger charge is -2.35. The molecule has 1 unspecified atom stereocenters. The molecule has 1 aliphatic heterocycles. The Morgan fingerprint density at radius 2 is 1.92 bits per heavy atom. The molecule has 6 nitrogen and oxygen atoms in total. The SMILES string of the molecule is CC(O)C(=O)N1CCN(C(=O)Cc2c[nH]c3ccc(F)cc23)CC1. The summed E-state index contributed by atoms with van der Waals surface area (Å²) in [6.07, 6.45) is 0.900. The number of benzene rings is 1. The van der Waals surface area contributed by atoms with Crippen LogP contribution in [0.1, 0.15) is 12.5 Å². The maximum absolute atomic E-state index is 13.4. The van der Waals surface area contributed by atoms with E-state index in [0.717, 1.165) is 11.1 Å². The molecule has 2 aromatic rings. The maximum Gasteiger partial charge on any atom is 0.251 e. The van der Waals surface area contributed by atoms with Gasteiger partial charge in [0.25, 0.3) is 5.91 Å². The van der Waals surface area contributed by atoms with E-state index in [1.807, 2.05) is 0 Å². The van der Waals surface area contributed by atoms with Gasteiger partial charge in [0.1, 0.15) is 11.9 Å². The lowest BCUT2D eigenvalue weighted by atomic mass is 10.1. The van der Waals surface area contributed by atoms with E-state index in [-0.39, 0.29) is 24.1 Å². The van der Waals surface area contributed by atoms with Gasteiger partial charge in [0, 0.05) is 43.3 Å². The summed E-state index contributed by atoms with van der Waals surface area (Å²) >= 11 is 0. The van der Waals surface area contributed by atoms with Gasteiger partial charge in [-0.2, -0.15) is 0 Å². The molecule has 1 aliphatic rings. The van der Waals surface area contributed by atoms with E-state index >= 15 is 0 Å². The van der Waals surface area contributed by atoms with Gasteiger partial charge in [0.15, 0.2) is 0 Å². The predicted octanol–water partition coefficient (Wildman–Crippen LogP) is 0.901. The number of amides is 2. The second-order valence-electron chi connectivity index (χ2n) is 6.06. The third-order valence-corrected chi connectivity index (χ3v) is 4.37. The van der Waals surface area contributed by atoms with E-state index in [1.165, 1.54) is 19.1 Å². The van der Waals surface area contributed by atoms with Crippen molar-refractivity contribution in [2.75, 3.05) is 26.2 Å². The van der Waals surface area contributed by atoms with Crippen molar-refractivity contribution in [3.8, 4) is 0 Å². The zero-order chi connectivity index (χ0) is 17.3. The van der Waals surface area contributed by atoms with Gasteiger partial charge in [-0.05, 0) is 30.7 Å². The number of aromatic nitrogens is 1. The Balaban J connectivity index is 1.63. The van der Waals surface area contributed by atoms with Crippen molar-refractivity contribution in [2.24, 2.45) is 0 Å². The number of aromatic amines is 1. The van der Waals surface area contributed by atoms with Crippen LogP contribution < -0.4 is 0 Å². The Morgan fingerprint density at radius 3 is 2.58 bits per heavy atom. The van der Waals surface area contributed by atoms with Crippen molar-refractivity contribution in [3.05, 3.63) is 35.8 Å². The Labute approximate surface area is 138 Å². The van der Waals surface area contributed by atoms with Crippen LogP contribution in [0.25, 0.3) is 10.9 Å². The highest BCUT2D eigenvalue weighted by Crippen LogP contribution is 2.20. The van der Waals surface area contributed by atoms with Crippen molar-refractivity contribution in [3.63, 3.8) is 0 Å². The zero-order valence-corrected chi connectivity index (χ0v) is 13.5. The number of H-pyrrole nitrogens is 1. The first-order valence-corrected chi connectivity index (χ1v) is 7.96. The van der Waals surface area contributed by atoms with E-state index in [9.17, 15) is 19.1 Å².